The molecule has 0 radical (unpaired) electrons. The van der Waals surface area contributed by atoms with Gasteiger partial charge in [0.1, 0.15) is 5.70 Å². The van der Waals surface area contributed by atoms with Gasteiger partial charge in [-0.1, -0.05) is 54.6 Å². The fourth-order valence-corrected chi connectivity index (χ4v) is 5.64. The summed E-state index contributed by atoms with van der Waals surface area (Å²) in [5.41, 5.74) is 4.34. The van der Waals surface area contributed by atoms with Crippen molar-refractivity contribution in [1.29, 1.82) is 0 Å². The first-order valence-electron chi connectivity index (χ1n) is 9.34. The number of unbranched alkanes of at least 4 members (excludes halogenated alkanes) is 1. The number of fused-ring (bicyclic) bond motifs is 1. The molecular formula is C22H25NOS2. The summed E-state index contributed by atoms with van der Waals surface area (Å²) in [4.78, 5) is 11.6. The van der Waals surface area contributed by atoms with Gasteiger partial charge in [-0.25, -0.2) is 0 Å². The first-order chi connectivity index (χ1) is 12.9. The van der Waals surface area contributed by atoms with E-state index >= 15 is 0 Å². The van der Waals surface area contributed by atoms with E-state index < -0.39 is 0 Å². The highest BCUT2D eigenvalue weighted by Crippen LogP contribution is 2.40. The number of rotatable bonds is 7. The van der Waals surface area contributed by atoms with Crippen LogP contribution in [0.2, 0.25) is 0 Å². The number of nitroso groups, excluding NO2 is 1. The molecule has 2 nitrogen and oxygen atoms in total. The molecule has 2 aromatic carbocycles. The lowest BCUT2D eigenvalue weighted by Gasteiger charge is -2.11. The number of thioether (sulfide) groups is 2. The Morgan fingerprint density at radius 1 is 0.962 bits per heavy atom. The Morgan fingerprint density at radius 2 is 1.77 bits per heavy atom. The Balaban J connectivity index is 1.63. The first kappa shape index (κ1) is 19.2. The van der Waals surface area contributed by atoms with E-state index in [1.54, 1.807) is 0 Å². The molecule has 26 heavy (non-hydrogen) atoms. The summed E-state index contributed by atoms with van der Waals surface area (Å²) in [7, 11) is 0. The average Bonchev–Trinajstić information content (AvgIpc) is 2.77. The van der Waals surface area contributed by atoms with Gasteiger partial charge in [-0.3, -0.25) is 0 Å². The maximum Gasteiger partial charge on any atom is 0.135 e. The van der Waals surface area contributed by atoms with Gasteiger partial charge in [0.15, 0.2) is 0 Å². The Morgan fingerprint density at radius 3 is 2.62 bits per heavy atom. The fourth-order valence-electron chi connectivity index (χ4n) is 3.17. The number of hydrogen-bond donors (Lipinski definition) is 0. The van der Waals surface area contributed by atoms with Crippen molar-refractivity contribution in [3.8, 4) is 0 Å². The third-order valence-electron chi connectivity index (χ3n) is 4.57. The van der Waals surface area contributed by atoms with Gasteiger partial charge in [0, 0.05) is 5.56 Å². The normalized spacial score (nSPS) is 17.7. The van der Waals surface area contributed by atoms with E-state index in [0.717, 1.165) is 40.6 Å². The van der Waals surface area contributed by atoms with Crippen LogP contribution in [0.5, 0.6) is 0 Å². The van der Waals surface area contributed by atoms with Crippen molar-refractivity contribution in [3.63, 3.8) is 0 Å². The van der Waals surface area contributed by atoms with Crippen LogP contribution in [0.3, 0.4) is 0 Å². The van der Waals surface area contributed by atoms with Gasteiger partial charge in [-0.05, 0) is 66.3 Å². The molecule has 0 amide bonds. The number of aryl methyl sites for hydroxylation is 2. The van der Waals surface area contributed by atoms with Crippen molar-refractivity contribution < 1.29 is 0 Å². The number of nitrogens with zero attached hydrogens (tertiary/aromatic N) is 1. The van der Waals surface area contributed by atoms with Crippen LogP contribution in [-0.2, 0) is 12.8 Å². The summed E-state index contributed by atoms with van der Waals surface area (Å²) >= 11 is 3.62. The molecule has 3 rings (SSSR count). The molecule has 1 aliphatic heterocycles. The lowest BCUT2D eigenvalue weighted by atomic mass is 10.0. The van der Waals surface area contributed by atoms with E-state index in [4.69, 9.17) is 0 Å². The van der Waals surface area contributed by atoms with E-state index in [1.165, 1.54) is 30.4 Å². The molecule has 0 bridgehead atoms. The molecule has 0 fully saturated rings. The van der Waals surface area contributed by atoms with Crippen molar-refractivity contribution >= 4 is 29.2 Å². The second-order valence-electron chi connectivity index (χ2n) is 6.48. The number of hydrogen-bond acceptors (Lipinski definition) is 4. The zero-order valence-corrected chi connectivity index (χ0v) is 16.7. The summed E-state index contributed by atoms with van der Waals surface area (Å²) in [6.07, 6.45) is 6.83. The predicted molar refractivity (Wildman–Crippen MR) is 116 cm³/mol. The van der Waals surface area contributed by atoms with Crippen LogP contribution in [0.25, 0.3) is 5.70 Å². The van der Waals surface area contributed by atoms with Crippen molar-refractivity contribution in [1.82, 2.24) is 0 Å². The number of benzene rings is 2. The van der Waals surface area contributed by atoms with Gasteiger partial charge in [0.25, 0.3) is 0 Å². The molecule has 1 aliphatic rings. The predicted octanol–water partition coefficient (Wildman–Crippen LogP) is 6.90. The van der Waals surface area contributed by atoms with E-state index in [1.807, 2.05) is 35.7 Å². The molecular weight excluding hydrogens is 358 g/mol. The Bertz CT molecular complexity index is 743. The first-order valence-corrected chi connectivity index (χ1v) is 11.3. The third kappa shape index (κ3) is 5.49. The average molecular weight is 384 g/mol. The molecule has 0 saturated carbocycles. The van der Waals surface area contributed by atoms with Crippen LogP contribution in [0, 0.1) is 4.91 Å². The van der Waals surface area contributed by atoms with Crippen LogP contribution in [-0.4, -0.2) is 11.5 Å². The molecule has 0 saturated heterocycles. The second-order valence-corrected chi connectivity index (χ2v) is 8.95. The fraction of sp³-hybridized carbons (Fsp3) is 0.364. The summed E-state index contributed by atoms with van der Waals surface area (Å²) in [5.74, 6) is 2.11. The largest absolute Gasteiger partial charge is 0.145 e. The van der Waals surface area contributed by atoms with Crippen molar-refractivity contribution in [2.75, 3.05) is 11.5 Å². The third-order valence-corrected chi connectivity index (χ3v) is 7.17. The molecule has 0 atom stereocenters. The van der Waals surface area contributed by atoms with Crippen LogP contribution < -0.4 is 0 Å². The molecule has 0 spiro atoms. The summed E-state index contributed by atoms with van der Waals surface area (Å²) < 4.78 is 1.11. The minimum absolute atomic E-state index is 0.653. The van der Waals surface area contributed by atoms with Gasteiger partial charge in [0.2, 0.25) is 0 Å². The van der Waals surface area contributed by atoms with Gasteiger partial charge in [-0.2, -0.15) is 0 Å². The lowest BCUT2D eigenvalue weighted by Crippen LogP contribution is -1.93. The highest BCUT2D eigenvalue weighted by Gasteiger charge is 2.17. The maximum atomic E-state index is 11.6. The summed E-state index contributed by atoms with van der Waals surface area (Å²) in [6, 6.07) is 18.9. The zero-order chi connectivity index (χ0) is 18.0. The van der Waals surface area contributed by atoms with Gasteiger partial charge >= 0.3 is 0 Å². The zero-order valence-electron chi connectivity index (χ0n) is 15.0. The monoisotopic (exact) mass is 383 g/mol. The van der Waals surface area contributed by atoms with Crippen molar-refractivity contribution in [2.24, 2.45) is 5.18 Å². The molecule has 2 aromatic rings. The Labute approximate surface area is 164 Å². The molecule has 136 valence electrons. The van der Waals surface area contributed by atoms with Crippen LogP contribution in [0.1, 0.15) is 42.4 Å². The van der Waals surface area contributed by atoms with E-state index in [9.17, 15) is 4.91 Å². The van der Waals surface area contributed by atoms with Gasteiger partial charge in [-0.15, -0.1) is 28.4 Å². The van der Waals surface area contributed by atoms with Crippen molar-refractivity contribution in [2.45, 2.75) is 38.5 Å². The van der Waals surface area contributed by atoms with E-state index in [0.29, 0.717) is 5.70 Å². The molecule has 0 N–H and O–H groups in total. The van der Waals surface area contributed by atoms with Crippen LogP contribution >= 0.6 is 23.5 Å². The molecule has 0 aliphatic carbocycles. The molecule has 4 heteroatoms. The van der Waals surface area contributed by atoms with Crippen LogP contribution in [0.15, 0.2) is 64.0 Å². The van der Waals surface area contributed by atoms with E-state index in [-0.39, 0.29) is 0 Å². The Hall–Kier alpha value is -1.52. The highest BCUT2D eigenvalue weighted by atomic mass is 32.2. The smallest absolute Gasteiger partial charge is 0.135 e. The topological polar surface area (TPSA) is 29.4 Å². The molecule has 1 heterocycles. The second kappa shape index (κ2) is 10.6. The highest BCUT2D eigenvalue weighted by molar-refractivity contribution is 8.22. The minimum atomic E-state index is 0.653. The molecule has 0 unspecified atom stereocenters. The van der Waals surface area contributed by atoms with E-state index in [2.05, 4.69) is 47.6 Å². The SMILES string of the molecule is O=N/C1=C(\SCCCCc2ccccc2)SCCCCc2ccccc21. The minimum Gasteiger partial charge on any atom is -0.145 e. The van der Waals surface area contributed by atoms with Gasteiger partial charge < -0.3 is 0 Å². The van der Waals surface area contributed by atoms with Gasteiger partial charge in [0.05, 0.1) is 4.24 Å². The maximum absolute atomic E-state index is 11.6. The summed E-state index contributed by atoms with van der Waals surface area (Å²) in [5, 5.41) is 3.45. The quantitative estimate of drug-likeness (QED) is 0.384. The summed E-state index contributed by atoms with van der Waals surface area (Å²) in [6.45, 7) is 0. The molecule has 0 aromatic heterocycles. The lowest BCUT2D eigenvalue weighted by molar-refractivity contribution is 0.802. The Kier molecular flexibility index (Phi) is 7.84. The van der Waals surface area contributed by atoms with Crippen molar-refractivity contribution in [3.05, 3.63) is 80.4 Å². The van der Waals surface area contributed by atoms with Crippen LogP contribution in [0.4, 0.5) is 0 Å². The standard InChI is InChI=1S/C22H25NOS2/c24-23-21-20-15-5-4-13-19(20)14-7-9-17-26-22(21)25-16-8-6-12-18-10-2-1-3-11-18/h1-5,10-11,13,15H,6-9,12,14,16-17H2/b22-21+.